The summed E-state index contributed by atoms with van der Waals surface area (Å²) < 4.78 is 16.9. The van der Waals surface area contributed by atoms with Gasteiger partial charge in [0.25, 0.3) is 0 Å². The molecule has 3 aliphatic rings. The standard InChI is InChI=1S/C19H26N2O4/c1-2-3-4-15-10-21(11-18(25-15)13-5-6-13)19(22)20-14-7-8-16-17(9-14)24-12-23-16/h7-9,13,15,18H,2-6,10-12H2,1H3,(H,20,22)/t15-,18-/m1/s1. The highest BCUT2D eigenvalue weighted by Crippen LogP contribution is 2.38. The van der Waals surface area contributed by atoms with Crippen LogP contribution in [0, 0.1) is 5.92 Å². The third kappa shape index (κ3) is 3.84. The van der Waals surface area contributed by atoms with Crippen molar-refractivity contribution in [3.63, 3.8) is 0 Å². The van der Waals surface area contributed by atoms with Crippen LogP contribution in [0.15, 0.2) is 18.2 Å². The van der Waals surface area contributed by atoms with Gasteiger partial charge in [-0.2, -0.15) is 0 Å². The molecular formula is C19H26N2O4. The number of urea groups is 1. The Bertz CT molecular complexity index is 632. The normalized spacial score (nSPS) is 25.1. The van der Waals surface area contributed by atoms with Crippen LogP contribution in [0.2, 0.25) is 0 Å². The summed E-state index contributed by atoms with van der Waals surface area (Å²) in [7, 11) is 0. The zero-order valence-corrected chi connectivity index (χ0v) is 14.7. The molecule has 2 atom stereocenters. The highest BCUT2D eigenvalue weighted by atomic mass is 16.7. The number of hydrogen-bond acceptors (Lipinski definition) is 4. The second-order valence-electron chi connectivity index (χ2n) is 7.18. The van der Waals surface area contributed by atoms with Gasteiger partial charge in [-0.1, -0.05) is 19.8 Å². The number of unbranched alkanes of at least 4 members (excludes halogenated alkanes) is 1. The molecule has 136 valence electrons. The van der Waals surface area contributed by atoms with E-state index in [-0.39, 0.29) is 25.0 Å². The zero-order chi connectivity index (χ0) is 17.2. The van der Waals surface area contributed by atoms with Crippen molar-refractivity contribution in [3.8, 4) is 11.5 Å². The SMILES string of the molecule is CCCC[C@@H]1CN(C(=O)Nc2ccc3c(c2)OCO3)C[C@H](C2CC2)O1. The summed E-state index contributed by atoms with van der Waals surface area (Å²) in [4.78, 5) is 14.7. The van der Waals surface area contributed by atoms with E-state index in [0.717, 1.165) is 30.7 Å². The maximum atomic E-state index is 12.8. The number of morpholine rings is 1. The predicted molar refractivity (Wildman–Crippen MR) is 94.1 cm³/mol. The molecule has 1 N–H and O–H groups in total. The summed E-state index contributed by atoms with van der Waals surface area (Å²) >= 11 is 0. The highest BCUT2D eigenvalue weighted by molar-refractivity contribution is 5.89. The Morgan fingerprint density at radius 1 is 1.24 bits per heavy atom. The molecule has 2 fully saturated rings. The monoisotopic (exact) mass is 346 g/mol. The van der Waals surface area contributed by atoms with E-state index in [1.165, 1.54) is 12.8 Å². The Hall–Kier alpha value is -1.95. The summed E-state index contributed by atoms with van der Waals surface area (Å²) in [5.41, 5.74) is 0.730. The molecule has 2 aliphatic heterocycles. The molecule has 2 amide bonds. The van der Waals surface area contributed by atoms with Crippen LogP contribution < -0.4 is 14.8 Å². The predicted octanol–water partition coefficient (Wildman–Crippen LogP) is 3.62. The number of carbonyl (C=O) groups excluding carboxylic acids is 1. The molecular weight excluding hydrogens is 320 g/mol. The molecule has 0 spiro atoms. The average Bonchev–Trinajstić information content (AvgIpc) is 3.38. The van der Waals surface area contributed by atoms with Crippen molar-refractivity contribution in [2.75, 3.05) is 25.2 Å². The fourth-order valence-corrected chi connectivity index (χ4v) is 3.53. The van der Waals surface area contributed by atoms with E-state index < -0.39 is 0 Å². The van der Waals surface area contributed by atoms with Gasteiger partial charge in [0, 0.05) is 24.8 Å². The lowest BCUT2D eigenvalue weighted by Gasteiger charge is -2.38. The first kappa shape index (κ1) is 16.5. The van der Waals surface area contributed by atoms with Crippen LogP contribution in [0.4, 0.5) is 10.5 Å². The van der Waals surface area contributed by atoms with Gasteiger partial charge in [-0.15, -0.1) is 0 Å². The molecule has 0 aromatic heterocycles. The lowest BCUT2D eigenvalue weighted by Crippen LogP contribution is -2.52. The molecule has 25 heavy (non-hydrogen) atoms. The number of amides is 2. The second kappa shape index (κ2) is 7.12. The Kier molecular flexibility index (Phi) is 4.70. The first-order chi connectivity index (χ1) is 12.2. The number of carbonyl (C=O) groups is 1. The Morgan fingerprint density at radius 2 is 2.08 bits per heavy atom. The molecule has 1 saturated carbocycles. The van der Waals surface area contributed by atoms with Crippen molar-refractivity contribution >= 4 is 11.7 Å². The quantitative estimate of drug-likeness (QED) is 0.885. The fraction of sp³-hybridized carbons (Fsp3) is 0.632. The molecule has 4 rings (SSSR count). The van der Waals surface area contributed by atoms with Gasteiger partial charge in [0.2, 0.25) is 6.79 Å². The molecule has 1 aromatic rings. The van der Waals surface area contributed by atoms with Gasteiger partial charge in [-0.3, -0.25) is 0 Å². The van der Waals surface area contributed by atoms with Crippen LogP contribution in [0.3, 0.4) is 0 Å². The summed E-state index contributed by atoms with van der Waals surface area (Å²) in [6.45, 7) is 3.77. The van der Waals surface area contributed by atoms with Gasteiger partial charge >= 0.3 is 6.03 Å². The number of benzene rings is 1. The van der Waals surface area contributed by atoms with Crippen molar-refractivity contribution in [3.05, 3.63) is 18.2 Å². The number of nitrogens with zero attached hydrogens (tertiary/aromatic N) is 1. The van der Waals surface area contributed by atoms with Gasteiger partial charge in [0.1, 0.15) is 0 Å². The van der Waals surface area contributed by atoms with Crippen LogP contribution in [-0.4, -0.2) is 43.0 Å². The van der Waals surface area contributed by atoms with Crippen LogP contribution in [0.5, 0.6) is 11.5 Å². The average molecular weight is 346 g/mol. The van der Waals surface area contributed by atoms with Gasteiger partial charge in [0.15, 0.2) is 11.5 Å². The minimum atomic E-state index is -0.0608. The third-order valence-corrected chi connectivity index (χ3v) is 5.13. The van der Waals surface area contributed by atoms with Crippen LogP contribution in [0.25, 0.3) is 0 Å². The Balaban J connectivity index is 1.40. The van der Waals surface area contributed by atoms with E-state index in [4.69, 9.17) is 14.2 Å². The molecule has 0 radical (unpaired) electrons. The van der Waals surface area contributed by atoms with Crippen LogP contribution in [-0.2, 0) is 4.74 Å². The van der Waals surface area contributed by atoms with Gasteiger partial charge in [-0.25, -0.2) is 4.79 Å². The molecule has 0 bridgehead atoms. The minimum Gasteiger partial charge on any atom is -0.454 e. The topological polar surface area (TPSA) is 60.0 Å². The van der Waals surface area contributed by atoms with E-state index in [1.807, 2.05) is 23.1 Å². The molecule has 1 aliphatic carbocycles. The van der Waals surface area contributed by atoms with Crippen molar-refractivity contribution < 1.29 is 19.0 Å². The maximum absolute atomic E-state index is 12.8. The van der Waals surface area contributed by atoms with E-state index >= 15 is 0 Å². The van der Waals surface area contributed by atoms with Gasteiger partial charge < -0.3 is 24.4 Å². The smallest absolute Gasteiger partial charge is 0.322 e. The van der Waals surface area contributed by atoms with Gasteiger partial charge in [0.05, 0.1) is 12.2 Å². The first-order valence-corrected chi connectivity index (χ1v) is 9.34. The number of anilines is 1. The van der Waals surface area contributed by atoms with E-state index in [0.29, 0.717) is 24.8 Å². The van der Waals surface area contributed by atoms with Crippen LogP contribution in [0.1, 0.15) is 39.0 Å². The largest absolute Gasteiger partial charge is 0.454 e. The first-order valence-electron chi connectivity index (χ1n) is 9.34. The summed E-state index contributed by atoms with van der Waals surface area (Å²) in [5, 5.41) is 2.99. The van der Waals surface area contributed by atoms with Crippen molar-refractivity contribution in [2.24, 2.45) is 5.92 Å². The molecule has 1 aromatic carbocycles. The number of fused-ring (bicyclic) bond motifs is 1. The number of rotatable bonds is 5. The molecule has 1 saturated heterocycles. The third-order valence-electron chi connectivity index (χ3n) is 5.13. The molecule has 2 heterocycles. The fourth-order valence-electron chi connectivity index (χ4n) is 3.53. The second-order valence-corrected chi connectivity index (χ2v) is 7.18. The highest BCUT2D eigenvalue weighted by Gasteiger charge is 2.39. The lowest BCUT2D eigenvalue weighted by atomic mass is 10.1. The Morgan fingerprint density at radius 3 is 2.88 bits per heavy atom. The summed E-state index contributed by atoms with van der Waals surface area (Å²) in [6, 6.07) is 5.43. The number of nitrogens with one attached hydrogen (secondary N) is 1. The van der Waals surface area contributed by atoms with Crippen molar-refractivity contribution in [2.45, 2.75) is 51.2 Å². The summed E-state index contributed by atoms with van der Waals surface area (Å²) in [5.74, 6) is 2.03. The number of ether oxygens (including phenoxy) is 3. The van der Waals surface area contributed by atoms with Crippen molar-refractivity contribution in [1.29, 1.82) is 0 Å². The lowest BCUT2D eigenvalue weighted by molar-refractivity contribution is -0.0836. The van der Waals surface area contributed by atoms with Gasteiger partial charge in [-0.05, 0) is 37.3 Å². The van der Waals surface area contributed by atoms with Crippen molar-refractivity contribution in [1.82, 2.24) is 4.90 Å². The number of hydrogen-bond donors (Lipinski definition) is 1. The summed E-state index contributed by atoms with van der Waals surface area (Å²) in [6.07, 6.45) is 6.11. The molecule has 0 unspecified atom stereocenters. The van der Waals surface area contributed by atoms with E-state index in [1.54, 1.807) is 0 Å². The Labute approximate surface area is 148 Å². The van der Waals surface area contributed by atoms with E-state index in [9.17, 15) is 4.79 Å². The zero-order valence-electron chi connectivity index (χ0n) is 14.7. The van der Waals surface area contributed by atoms with Crippen LogP contribution >= 0.6 is 0 Å². The maximum Gasteiger partial charge on any atom is 0.322 e. The molecule has 6 nitrogen and oxygen atoms in total. The molecule has 6 heteroatoms. The minimum absolute atomic E-state index is 0.0608. The van der Waals surface area contributed by atoms with E-state index in [2.05, 4.69) is 12.2 Å².